The van der Waals surface area contributed by atoms with Crippen molar-refractivity contribution in [2.24, 2.45) is 15.0 Å². The Morgan fingerprint density at radius 1 is 1.28 bits per heavy atom. The molecule has 3 aromatic rings. The number of aromatic nitrogens is 1. The summed E-state index contributed by atoms with van der Waals surface area (Å²) >= 11 is 3.08. The van der Waals surface area contributed by atoms with Crippen molar-refractivity contribution >= 4 is 45.7 Å². The molecule has 2 aromatic heterocycles. The van der Waals surface area contributed by atoms with E-state index in [0.29, 0.717) is 35.0 Å². The number of ether oxygens (including phenoxy) is 1. The summed E-state index contributed by atoms with van der Waals surface area (Å²) in [7, 11) is 1.65. The van der Waals surface area contributed by atoms with Gasteiger partial charge in [-0.05, 0) is 41.8 Å². The Morgan fingerprint density at radius 3 is 2.93 bits per heavy atom. The topological polar surface area (TPSA) is 91.5 Å². The highest BCUT2D eigenvalue weighted by Crippen LogP contribution is 2.29. The highest BCUT2D eigenvalue weighted by molar-refractivity contribution is 7.16. The standard InChI is InChI=1S/C20H19N5O2S2/c1-3-27-18-14-9-12(6-7-15(14)23-19(21-2)25-18)10-16-17(26)24-20(29-16)22-11-13-5-4-8-28-13/h4-10,26H,3,11H2,1-2H3,(H,22,24)/b12-10+,21-19?. The van der Waals surface area contributed by atoms with Crippen LogP contribution >= 0.6 is 22.7 Å². The van der Waals surface area contributed by atoms with Crippen molar-refractivity contribution in [2.45, 2.75) is 13.5 Å². The molecule has 0 atom stereocenters. The molecule has 0 fully saturated rings. The molecule has 1 aromatic carbocycles. The average molecular weight is 426 g/mol. The highest BCUT2D eigenvalue weighted by atomic mass is 32.1. The number of fused-ring (bicyclic) bond motifs is 1. The molecule has 0 saturated carbocycles. The molecule has 0 saturated heterocycles. The van der Waals surface area contributed by atoms with Gasteiger partial charge in [0.1, 0.15) is 0 Å². The minimum atomic E-state index is 0.00480. The maximum atomic E-state index is 10.2. The third-order valence-electron chi connectivity index (χ3n) is 4.08. The van der Waals surface area contributed by atoms with Crippen LogP contribution in [0.3, 0.4) is 0 Å². The van der Waals surface area contributed by atoms with Gasteiger partial charge in [-0.2, -0.15) is 9.98 Å². The van der Waals surface area contributed by atoms with Gasteiger partial charge in [0.15, 0.2) is 5.13 Å². The van der Waals surface area contributed by atoms with Crippen LogP contribution in [0.2, 0.25) is 0 Å². The lowest BCUT2D eigenvalue weighted by molar-refractivity contribution is 0.328. The number of hydrogen-bond acceptors (Lipinski definition) is 7. The normalized spacial score (nSPS) is 15.0. The Balaban J connectivity index is 1.64. The third kappa shape index (κ3) is 4.36. The second kappa shape index (κ2) is 8.54. The van der Waals surface area contributed by atoms with Gasteiger partial charge < -0.3 is 15.2 Å². The third-order valence-corrected chi connectivity index (χ3v) is 5.91. The van der Waals surface area contributed by atoms with E-state index in [2.05, 4.69) is 31.3 Å². The quantitative estimate of drug-likeness (QED) is 0.658. The molecular formula is C20H19N5O2S2. The Morgan fingerprint density at radius 2 is 2.17 bits per heavy atom. The van der Waals surface area contributed by atoms with Crippen LogP contribution in [0.15, 0.2) is 50.7 Å². The fraction of sp³-hybridized carbons (Fsp3) is 0.200. The first kappa shape index (κ1) is 19.3. The van der Waals surface area contributed by atoms with E-state index in [1.54, 1.807) is 18.4 Å². The lowest BCUT2D eigenvalue weighted by atomic mass is 10.1. The first-order valence-electron chi connectivity index (χ1n) is 9.01. The van der Waals surface area contributed by atoms with Gasteiger partial charge in [0.05, 0.1) is 28.9 Å². The van der Waals surface area contributed by atoms with Gasteiger partial charge in [-0.1, -0.05) is 23.5 Å². The second-order valence-electron chi connectivity index (χ2n) is 6.05. The van der Waals surface area contributed by atoms with Gasteiger partial charge in [0.25, 0.3) is 0 Å². The Kier molecular flexibility index (Phi) is 5.68. The molecule has 7 nitrogen and oxygen atoms in total. The molecular weight excluding hydrogens is 406 g/mol. The number of rotatable bonds is 5. The van der Waals surface area contributed by atoms with Gasteiger partial charge in [0, 0.05) is 11.9 Å². The fourth-order valence-corrected chi connectivity index (χ4v) is 4.22. The maximum Gasteiger partial charge on any atom is 0.248 e. The smallest absolute Gasteiger partial charge is 0.248 e. The molecule has 0 radical (unpaired) electrons. The van der Waals surface area contributed by atoms with E-state index >= 15 is 0 Å². The molecule has 1 aliphatic heterocycles. The zero-order chi connectivity index (χ0) is 20.2. The van der Waals surface area contributed by atoms with Gasteiger partial charge >= 0.3 is 0 Å². The number of hydrogen-bond donors (Lipinski definition) is 2. The number of thiazole rings is 1. The molecule has 0 spiro atoms. The van der Waals surface area contributed by atoms with Crippen molar-refractivity contribution < 1.29 is 9.84 Å². The van der Waals surface area contributed by atoms with E-state index < -0.39 is 0 Å². The van der Waals surface area contributed by atoms with Crippen LogP contribution in [0, 0.1) is 0 Å². The lowest BCUT2D eigenvalue weighted by Gasteiger charge is -2.11. The van der Waals surface area contributed by atoms with Crippen molar-refractivity contribution in [3.63, 3.8) is 0 Å². The molecule has 29 heavy (non-hydrogen) atoms. The molecule has 0 unspecified atom stereocenters. The molecule has 148 valence electrons. The van der Waals surface area contributed by atoms with E-state index in [0.717, 1.165) is 16.1 Å². The van der Waals surface area contributed by atoms with Crippen LogP contribution in [-0.2, 0) is 11.3 Å². The Bertz CT molecular complexity index is 1200. The van der Waals surface area contributed by atoms with E-state index in [1.165, 1.54) is 16.2 Å². The Hall–Kier alpha value is -3.04. The fourth-order valence-electron chi connectivity index (χ4n) is 2.76. The summed E-state index contributed by atoms with van der Waals surface area (Å²) in [4.78, 5) is 18.9. The molecule has 4 rings (SSSR count). The van der Waals surface area contributed by atoms with Gasteiger partial charge in [-0.25, -0.2) is 4.99 Å². The number of aromatic hydroxyl groups is 1. The monoisotopic (exact) mass is 425 g/mol. The van der Waals surface area contributed by atoms with Crippen LogP contribution in [0.1, 0.15) is 22.2 Å². The first-order valence-corrected chi connectivity index (χ1v) is 10.7. The van der Waals surface area contributed by atoms with Crippen molar-refractivity contribution in [3.8, 4) is 5.88 Å². The number of anilines is 1. The molecule has 0 aliphatic carbocycles. The second-order valence-corrected chi connectivity index (χ2v) is 8.11. The number of aliphatic imine (C=N–C) groups is 2. The zero-order valence-electron chi connectivity index (χ0n) is 15.9. The molecule has 3 heterocycles. The molecule has 1 aliphatic rings. The summed E-state index contributed by atoms with van der Waals surface area (Å²) in [5.74, 6) is 0.893. The average Bonchev–Trinajstić information content (AvgIpc) is 3.36. The van der Waals surface area contributed by atoms with Crippen LogP contribution < -0.4 is 15.9 Å². The summed E-state index contributed by atoms with van der Waals surface area (Å²) < 4.78 is 5.67. The number of nitrogens with zero attached hydrogens (tertiary/aromatic N) is 4. The highest BCUT2D eigenvalue weighted by Gasteiger charge is 2.14. The molecule has 2 N–H and O–H groups in total. The Labute approximate surface area is 175 Å². The summed E-state index contributed by atoms with van der Waals surface area (Å²) in [6.07, 6.45) is 1.89. The molecule has 0 bridgehead atoms. The zero-order valence-corrected chi connectivity index (χ0v) is 17.5. The van der Waals surface area contributed by atoms with Gasteiger partial charge in [-0.3, -0.25) is 4.99 Å². The summed E-state index contributed by atoms with van der Waals surface area (Å²) in [5.41, 5.74) is 0.799. The SMILES string of the molecule is CCOC1=NC(=NC)N=c2cc/c(=C\c3sc(NCc4cccs4)nc3O)cc21. The van der Waals surface area contributed by atoms with Crippen LogP contribution in [0.25, 0.3) is 6.08 Å². The van der Waals surface area contributed by atoms with Crippen molar-refractivity contribution in [1.82, 2.24) is 4.98 Å². The van der Waals surface area contributed by atoms with Crippen LogP contribution in [-0.4, -0.2) is 35.6 Å². The van der Waals surface area contributed by atoms with Crippen LogP contribution in [0.4, 0.5) is 5.13 Å². The number of nitrogens with one attached hydrogen (secondary N) is 1. The summed E-state index contributed by atoms with van der Waals surface area (Å²) in [6, 6.07) is 9.84. The van der Waals surface area contributed by atoms with E-state index in [9.17, 15) is 5.11 Å². The predicted molar refractivity (Wildman–Crippen MR) is 118 cm³/mol. The lowest BCUT2D eigenvalue weighted by Crippen LogP contribution is -2.27. The van der Waals surface area contributed by atoms with Crippen molar-refractivity contribution in [2.75, 3.05) is 19.0 Å². The molecule has 9 heteroatoms. The van der Waals surface area contributed by atoms with E-state index in [4.69, 9.17) is 4.74 Å². The predicted octanol–water partition coefficient (Wildman–Crippen LogP) is 2.75. The first-order chi connectivity index (χ1) is 14.2. The van der Waals surface area contributed by atoms with Gasteiger partial charge in [0.2, 0.25) is 17.7 Å². The number of benzene rings is 1. The van der Waals surface area contributed by atoms with Gasteiger partial charge in [-0.15, -0.1) is 11.3 Å². The maximum absolute atomic E-state index is 10.2. The minimum Gasteiger partial charge on any atom is -0.492 e. The summed E-state index contributed by atoms with van der Waals surface area (Å²) in [6.45, 7) is 3.09. The number of thiophene rings is 1. The largest absolute Gasteiger partial charge is 0.492 e. The van der Waals surface area contributed by atoms with E-state index in [1.807, 2.05) is 42.6 Å². The van der Waals surface area contributed by atoms with E-state index in [-0.39, 0.29) is 5.88 Å². The van der Waals surface area contributed by atoms with Crippen LogP contribution in [0.5, 0.6) is 5.88 Å². The summed E-state index contributed by atoms with van der Waals surface area (Å²) in [5, 5.41) is 17.9. The van der Waals surface area contributed by atoms with Crippen molar-refractivity contribution in [3.05, 3.63) is 61.6 Å². The number of guanidine groups is 1. The minimum absolute atomic E-state index is 0.00480. The van der Waals surface area contributed by atoms with Crippen molar-refractivity contribution in [1.29, 1.82) is 0 Å². The molecule has 0 amide bonds.